The Hall–Kier alpha value is -3.56. The van der Waals surface area contributed by atoms with E-state index in [4.69, 9.17) is 11.5 Å². The Labute approximate surface area is 217 Å². The second-order valence-electron chi connectivity index (χ2n) is 6.75. The highest BCUT2D eigenvalue weighted by Gasteiger charge is 2.21. The van der Waals surface area contributed by atoms with E-state index < -0.39 is 11.9 Å². The number of aromatic nitrogens is 4. The van der Waals surface area contributed by atoms with Crippen LogP contribution in [0.1, 0.15) is 32.0 Å². The van der Waals surface area contributed by atoms with Crippen LogP contribution >= 0.6 is 34.4 Å². The van der Waals surface area contributed by atoms with Crippen LogP contribution < -0.4 is 11.5 Å². The van der Waals surface area contributed by atoms with Crippen LogP contribution in [0.5, 0.6) is 0 Å². The van der Waals surface area contributed by atoms with Gasteiger partial charge in [-0.15, -0.1) is 22.7 Å². The molecule has 4 aromatic rings. The first-order valence-electron chi connectivity index (χ1n) is 10.2. The number of fused-ring (bicyclic) bond motifs is 2. The fraction of sp³-hybridized carbons (Fsp3) is 0.286. The standard InChI is InChI=1S/C11H11N3O4S2.C10H11N3O2S/c1-17-5(15)3-19-9-6-7(12)8(11(16)18-2)20-10(6)14-4-13-9;1-3-5-6-7(11)8(10(14)15-2)16-9(6)13-4-12-5/h4H,3,12H2,1-2H3;4H,3,11H2,1-2H3. The van der Waals surface area contributed by atoms with Gasteiger partial charge in [-0.3, -0.25) is 4.79 Å². The molecule has 0 radical (unpaired) electrons. The summed E-state index contributed by atoms with van der Waals surface area (Å²) in [6.45, 7) is 1.98. The first-order valence-corrected chi connectivity index (χ1v) is 12.8. The van der Waals surface area contributed by atoms with Gasteiger partial charge in [-0.25, -0.2) is 29.5 Å². The molecule has 0 saturated heterocycles. The second kappa shape index (κ2) is 11.9. The first-order chi connectivity index (χ1) is 17.3. The molecule has 0 aliphatic rings. The molecule has 0 amide bonds. The number of hydrogen-bond donors (Lipinski definition) is 2. The Morgan fingerprint density at radius 3 is 1.89 bits per heavy atom. The topological polar surface area (TPSA) is 182 Å². The van der Waals surface area contributed by atoms with E-state index in [9.17, 15) is 14.4 Å². The maximum atomic E-state index is 11.6. The smallest absolute Gasteiger partial charge is 0.350 e. The zero-order valence-electron chi connectivity index (χ0n) is 19.7. The summed E-state index contributed by atoms with van der Waals surface area (Å²) in [5.41, 5.74) is 13.4. The van der Waals surface area contributed by atoms with Gasteiger partial charge < -0.3 is 25.7 Å². The van der Waals surface area contributed by atoms with Crippen molar-refractivity contribution >= 4 is 84.2 Å². The summed E-state index contributed by atoms with van der Waals surface area (Å²) in [5, 5.41) is 1.87. The third-order valence-electron chi connectivity index (χ3n) is 4.72. The molecule has 0 aromatic carbocycles. The van der Waals surface area contributed by atoms with Crippen molar-refractivity contribution in [1.82, 2.24) is 19.9 Å². The average molecular weight is 551 g/mol. The number of esters is 3. The second-order valence-corrected chi connectivity index (χ2v) is 9.71. The van der Waals surface area contributed by atoms with Gasteiger partial charge in [0.05, 0.1) is 54.9 Å². The third-order valence-corrected chi connectivity index (χ3v) is 7.88. The lowest BCUT2D eigenvalue weighted by atomic mass is 10.2. The summed E-state index contributed by atoms with van der Waals surface area (Å²) in [6.07, 6.45) is 3.59. The maximum Gasteiger partial charge on any atom is 0.350 e. The summed E-state index contributed by atoms with van der Waals surface area (Å²) >= 11 is 3.54. The number of thioether (sulfide) groups is 1. The number of rotatable bonds is 6. The van der Waals surface area contributed by atoms with Crippen LogP contribution in [0.15, 0.2) is 17.7 Å². The van der Waals surface area contributed by atoms with E-state index >= 15 is 0 Å². The molecular formula is C21H22N6O6S3. The van der Waals surface area contributed by atoms with Crippen molar-refractivity contribution in [3.8, 4) is 0 Å². The highest BCUT2D eigenvalue weighted by Crippen LogP contribution is 2.38. The number of carbonyl (C=O) groups excluding carboxylic acids is 3. The predicted octanol–water partition coefficient (Wildman–Crippen LogP) is 2.95. The fourth-order valence-corrected chi connectivity index (χ4v) is 5.89. The molecule has 36 heavy (non-hydrogen) atoms. The highest BCUT2D eigenvalue weighted by atomic mass is 32.2. The van der Waals surface area contributed by atoms with Gasteiger partial charge in [-0.05, 0) is 6.42 Å². The molecule has 0 aliphatic carbocycles. The molecule has 4 heterocycles. The van der Waals surface area contributed by atoms with Gasteiger partial charge in [-0.1, -0.05) is 18.7 Å². The molecule has 4 aromatic heterocycles. The molecule has 0 fully saturated rings. The van der Waals surface area contributed by atoms with Gasteiger partial charge in [0, 0.05) is 0 Å². The van der Waals surface area contributed by atoms with Gasteiger partial charge in [0.1, 0.15) is 37.1 Å². The highest BCUT2D eigenvalue weighted by molar-refractivity contribution is 8.00. The van der Waals surface area contributed by atoms with E-state index in [1.807, 2.05) is 6.92 Å². The van der Waals surface area contributed by atoms with E-state index in [2.05, 4.69) is 34.1 Å². The SMILES string of the molecule is CCc1ncnc2sc(C(=O)OC)c(N)c12.COC(=O)CSc1ncnc2sc(C(=O)OC)c(N)c12. The van der Waals surface area contributed by atoms with Crippen molar-refractivity contribution in [2.75, 3.05) is 38.5 Å². The van der Waals surface area contributed by atoms with Crippen molar-refractivity contribution in [2.24, 2.45) is 0 Å². The molecule has 4 N–H and O–H groups in total. The summed E-state index contributed by atoms with van der Waals surface area (Å²) in [7, 11) is 3.93. The van der Waals surface area contributed by atoms with Gasteiger partial charge in [0.25, 0.3) is 0 Å². The summed E-state index contributed by atoms with van der Waals surface area (Å²) in [5.74, 6) is -1.22. The molecule has 15 heteroatoms. The van der Waals surface area contributed by atoms with Gasteiger partial charge in [0.2, 0.25) is 0 Å². The number of hydrogen-bond acceptors (Lipinski definition) is 15. The maximum absolute atomic E-state index is 11.6. The third kappa shape index (κ3) is 5.47. The minimum atomic E-state index is -0.519. The Morgan fingerprint density at radius 1 is 0.833 bits per heavy atom. The minimum Gasteiger partial charge on any atom is -0.468 e. The molecule has 190 valence electrons. The minimum absolute atomic E-state index is 0.103. The number of nitrogens with two attached hydrogens (primary N) is 2. The Kier molecular flexibility index (Phi) is 8.95. The molecular weight excluding hydrogens is 528 g/mol. The number of ether oxygens (including phenoxy) is 3. The van der Waals surface area contributed by atoms with E-state index in [0.717, 1.165) is 33.7 Å². The fourth-order valence-electron chi connectivity index (χ4n) is 3.00. The van der Waals surface area contributed by atoms with Crippen LogP contribution in [0.3, 0.4) is 0 Å². The van der Waals surface area contributed by atoms with Crippen LogP contribution in [0.4, 0.5) is 11.4 Å². The van der Waals surface area contributed by atoms with Crippen LogP contribution in [0.2, 0.25) is 0 Å². The summed E-state index contributed by atoms with van der Waals surface area (Å²) < 4.78 is 13.9. The number of thiophene rings is 2. The van der Waals surface area contributed by atoms with Crippen LogP contribution in [0, 0.1) is 0 Å². The number of aryl methyl sites for hydroxylation is 1. The van der Waals surface area contributed by atoms with Crippen molar-refractivity contribution < 1.29 is 28.6 Å². The molecule has 4 rings (SSSR count). The molecule has 0 saturated carbocycles. The average Bonchev–Trinajstić information content (AvgIpc) is 3.43. The van der Waals surface area contributed by atoms with E-state index in [1.54, 1.807) is 0 Å². The molecule has 0 atom stereocenters. The lowest BCUT2D eigenvalue weighted by molar-refractivity contribution is -0.137. The van der Waals surface area contributed by atoms with Crippen LogP contribution in [-0.2, 0) is 25.4 Å². The normalized spacial score (nSPS) is 10.6. The monoisotopic (exact) mass is 550 g/mol. The lowest BCUT2D eigenvalue weighted by Gasteiger charge is -2.02. The van der Waals surface area contributed by atoms with Crippen molar-refractivity contribution in [2.45, 2.75) is 18.4 Å². The molecule has 0 aliphatic heterocycles. The molecule has 0 bridgehead atoms. The number of methoxy groups -OCH3 is 3. The first kappa shape index (κ1) is 27.0. The van der Waals surface area contributed by atoms with Gasteiger partial charge >= 0.3 is 17.9 Å². The summed E-state index contributed by atoms with van der Waals surface area (Å²) in [6, 6.07) is 0. The molecule has 0 unspecified atom stereocenters. The predicted molar refractivity (Wildman–Crippen MR) is 138 cm³/mol. The zero-order valence-corrected chi connectivity index (χ0v) is 22.1. The van der Waals surface area contributed by atoms with Crippen LogP contribution in [-0.4, -0.2) is 64.9 Å². The van der Waals surface area contributed by atoms with Crippen molar-refractivity contribution in [1.29, 1.82) is 0 Å². The molecule has 12 nitrogen and oxygen atoms in total. The Morgan fingerprint density at radius 2 is 1.36 bits per heavy atom. The van der Waals surface area contributed by atoms with E-state index in [0.29, 0.717) is 25.8 Å². The van der Waals surface area contributed by atoms with E-state index in [1.165, 1.54) is 57.1 Å². The largest absolute Gasteiger partial charge is 0.468 e. The van der Waals surface area contributed by atoms with Crippen LogP contribution in [0.25, 0.3) is 20.4 Å². The Bertz CT molecular complexity index is 1440. The van der Waals surface area contributed by atoms with Gasteiger partial charge in [0.15, 0.2) is 0 Å². The quantitative estimate of drug-likeness (QED) is 0.155. The Balaban J connectivity index is 0.000000205. The number of anilines is 2. The van der Waals surface area contributed by atoms with Crippen molar-refractivity contribution in [3.63, 3.8) is 0 Å². The van der Waals surface area contributed by atoms with Crippen molar-refractivity contribution in [3.05, 3.63) is 28.1 Å². The number of nitrogens with zero attached hydrogens (tertiary/aromatic N) is 4. The summed E-state index contributed by atoms with van der Waals surface area (Å²) in [4.78, 5) is 52.6. The number of carbonyl (C=O) groups is 3. The van der Waals surface area contributed by atoms with E-state index in [-0.39, 0.29) is 22.3 Å². The lowest BCUT2D eigenvalue weighted by Crippen LogP contribution is -2.04. The number of nitrogen functional groups attached to an aromatic ring is 2. The van der Waals surface area contributed by atoms with Gasteiger partial charge in [-0.2, -0.15) is 0 Å². The zero-order chi connectivity index (χ0) is 26.4. The molecule has 0 spiro atoms.